The van der Waals surface area contributed by atoms with Gasteiger partial charge in [-0.1, -0.05) is 20.8 Å². The van der Waals surface area contributed by atoms with Crippen LogP contribution in [0.3, 0.4) is 0 Å². The molecule has 1 aromatic heterocycles. The maximum Gasteiger partial charge on any atom is 0.227 e. The number of anilines is 1. The van der Waals surface area contributed by atoms with Gasteiger partial charge < -0.3 is 10.4 Å². The van der Waals surface area contributed by atoms with E-state index in [1.54, 1.807) is 12.4 Å². The van der Waals surface area contributed by atoms with E-state index in [0.717, 1.165) is 36.3 Å². The van der Waals surface area contributed by atoms with Crippen molar-refractivity contribution in [3.63, 3.8) is 0 Å². The third-order valence-corrected chi connectivity index (χ3v) is 10.7. The van der Waals surface area contributed by atoms with Gasteiger partial charge in [-0.25, -0.2) is 0 Å². The fourth-order valence-electron chi connectivity index (χ4n) is 8.97. The highest BCUT2D eigenvalue weighted by atomic mass is 16.3. The fraction of sp³-hybridized carbons (Fsp3) is 0.778. The Morgan fingerprint density at radius 3 is 2.52 bits per heavy atom. The largest absolute Gasteiger partial charge is 0.393 e. The van der Waals surface area contributed by atoms with Crippen molar-refractivity contribution in [3.05, 3.63) is 24.5 Å². The van der Waals surface area contributed by atoms with Crippen LogP contribution in [-0.2, 0) is 4.79 Å². The van der Waals surface area contributed by atoms with Crippen molar-refractivity contribution in [2.24, 2.45) is 46.3 Å². The maximum absolute atomic E-state index is 13.1. The summed E-state index contributed by atoms with van der Waals surface area (Å²) >= 11 is 0. The first-order chi connectivity index (χ1) is 14.8. The Morgan fingerprint density at radius 2 is 1.74 bits per heavy atom. The van der Waals surface area contributed by atoms with Crippen molar-refractivity contribution in [3.8, 4) is 0 Å². The SMILES string of the molecule is C[C@H](C(=O)Nc1ccncc1)[C@H]1CC[C@H]2[C@@H]3CCC4C[C@@H](O)CC[C@]4(C)[C@H]3CC[C@]12C. The number of rotatable bonds is 3. The second-order valence-electron chi connectivity index (χ2n) is 11.8. The Kier molecular flexibility index (Phi) is 5.44. The number of nitrogens with zero attached hydrogens (tertiary/aromatic N) is 1. The van der Waals surface area contributed by atoms with Crippen LogP contribution in [0.5, 0.6) is 0 Å². The lowest BCUT2D eigenvalue weighted by Crippen LogP contribution is -2.54. The Labute approximate surface area is 187 Å². The molecular weight excluding hydrogens is 384 g/mol. The summed E-state index contributed by atoms with van der Waals surface area (Å²) in [6.07, 6.45) is 14.3. The minimum atomic E-state index is -0.0703. The van der Waals surface area contributed by atoms with E-state index in [2.05, 4.69) is 31.1 Å². The van der Waals surface area contributed by atoms with Crippen LogP contribution in [-0.4, -0.2) is 22.1 Å². The zero-order valence-electron chi connectivity index (χ0n) is 19.5. The van der Waals surface area contributed by atoms with Crippen LogP contribution < -0.4 is 5.32 Å². The van der Waals surface area contributed by atoms with E-state index in [0.29, 0.717) is 17.3 Å². The summed E-state index contributed by atoms with van der Waals surface area (Å²) in [5.41, 5.74) is 1.56. The lowest BCUT2D eigenvalue weighted by Gasteiger charge is -2.61. The molecule has 5 rings (SSSR count). The molecule has 0 radical (unpaired) electrons. The van der Waals surface area contributed by atoms with Gasteiger partial charge in [0.1, 0.15) is 0 Å². The van der Waals surface area contributed by atoms with Crippen LogP contribution >= 0.6 is 0 Å². The molecule has 170 valence electrons. The molecule has 9 atom stereocenters. The zero-order chi connectivity index (χ0) is 21.8. The standard InChI is InChI=1S/C27H40N2O2/c1-17(25(31)29-19-10-14-28-15-11-19)22-6-7-23-21-5-4-18-16-20(30)8-12-26(18,2)24(21)9-13-27(22,23)3/h10-11,14-15,17-18,20-24,30H,4-9,12-13,16H2,1-3H3,(H,28,29,31)/t17-,18?,20-,21-,22+,23-,24-,26-,27+/m0/s1. The molecule has 0 aromatic carbocycles. The molecule has 4 aliphatic rings. The molecule has 4 heteroatoms. The molecule has 0 aliphatic heterocycles. The third kappa shape index (κ3) is 3.44. The average molecular weight is 425 g/mol. The smallest absolute Gasteiger partial charge is 0.227 e. The molecule has 4 nitrogen and oxygen atoms in total. The van der Waals surface area contributed by atoms with Gasteiger partial charge in [-0.2, -0.15) is 0 Å². The van der Waals surface area contributed by atoms with Gasteiger partial charge in [0, 0.05) is 24.0 Å². The number of pyridine rings is 1. The Hall–Kier alpha value is -1.42. The van der Waals surface area contributed by atoms with Gasteiger partial charge in [0.25, 0.3) is 0 Å². The van der Waals surface area contributed by atoms with Crippen molar-refractivity contribution in [2.75, 3.05) is 5.32 Å². The lowest BCUT2D eigenvalue weighted by molar-refractivity contribution is -0.135. The van der Waals surface area contributed by atoms with E-state index in [1.165, 1.54) is 44.9 Å². The predicted molar refractivity (Wildman–Crippen MR) is 123 cm³/mol. The number of hydrogen-bond acceptors (Lipinski definition) is 3. The van der Waals surface area contributed by atoms with Gasteiger partial charge in [-0.05, 0) is 110 Å². The van der Waals surface area contributed by atoms with Crippen molar-refractivity contribution >= 4 is 11.6 Å². The van der Waals surface area contributed by atoms with Crippen LogP contribution in [0.1, 0.15) is 78.6 Å². The molecule has 1 unspecified atom stereocenters. The van der Waals surface area contributed by atoms with Crippen molar-refractivity contribution < 1.29 is 9.90 Å². The monoisotopic (exact) mass is 424 g/mol. The third-order valence-electron chi connectivity index (χ3n) is 10.7. The van der Waals surface area contributed by atoms with E-state index < -0.39 is 0 Å². The molecule has 4 aliphatic carbocycles. The van der Waals surface area contributed by atoms with E-state index in [1.807, 2.05) is 12.1 Å². The quantitative estimate of drug-likeness (QED) is 0.656. The number of hydrogen-bond donors (Lipinski definition) is 2. The molecular formula is C27H40N2O2. The van der Waals surface area contributed by atoms with E-state index in [-0.39, 0.29) is 23.3 Å². The summed E-state index contributed by atoms with van der Waals surface area (Å²) in [6, 6.07) is 3.74. The summed E-state index contributed by atoms with van der Waals surface area (Å²) in [4.78, 5) is 17.2. The number of carbonyl (C=O) groups excluding carboxylic acids is 1. The highest BCUT2D eigenvalue weighted by Crippen LogP contribution is 2.68. The second-order valence-corrected chi connectivity index (χ2v) is 11.8. The number of aliphatic hydroxyl groups is 1. The first-order valence-corrected chi connectivity index (χ1v) is 12.7. The van der Waals surface area contributed by atoms with E-state index in [9.17, 15) is 9.90 Å². The summed E-state index contributed by atoms with van der Waals surface area (Å²) in [5.74, 6) is 3.78. The Bertz CT molecular complexity index is 813. The minimum Gasteiger partial charge on any atom is -0.393 e. The topological polar surface area (TPSA) is 62.2 Å². The van der Waals surface area contributed by atoms with Gasteiger partial charge in [0.15, 0.2) is 0 Å². The number of fused-ring (bicyclic) bond motifs is 5. The summed E-state index contributed by atoms with van der Waals surface area (Å²) in [7, 11) is 0. The molecule has 1 heterocycles. The van der Waals surface area contributed by atoms with Gasteiger partial charge in [0.05, 0.1) is 6.10 Å². The van der Waals surface area contributed by atoms with Crippen molar-refractivity contribution in [2.45, 2.75) is 84.7 Å². The highest BCUT2D eigenvalue weighted by molar-refractivity contribution is 5.92. The lowest BCUT2D eigenvalue weighted by atomic mass is 9.44. The molecule has 1 aromatic rings. The van der Waals surface area contributed by atoms with Crippen LogP contribution in [0.15, 0.2) is 24.5 Å². The molecule has 0 saturated heterocycles. The van der Waals surface area contributed by atoms with E-state index >= 15 is 0 Å². The van der Waals surface area contributed by atoms with Crippen LogP contribution in [0.2, 0.25) is 0 Å². The van der Waals surface area contributed by atoms with Crippen LogP contribution in [0.4, 0.5) is 5.69 Å². The van der Waals surface area contributed by atoms with E-state index in [4.69, 9.17) is 0 Å². The Balaban J connectivity index is 1.32. The average Bonchev–Trinajstić information content (AvgIpc) is 3.11. The number of carbonyl (C=O) groups is 1. The maximum atomic E-state index is 13.1. The Morgan fingerprint density at radius 1 is 1.03 bits per heavy atom. The minimum absolute atomic E-state index is 0.0384. The van der Waals surface area contributed by atoms with Crippen LogP contribution in [0, 0.1) is 46.3 Å². The summed E-state index contributed by atoms with van der Waals surface area (Å²) in [5, 5.41) is 13.4. The second kappa shape index (κ2) is 7.86. The summed E-state index contributed by atoms with van der Waals surface area (Å²) in [6.45, 7) is 7.22. The molecule has 2 N–H and O–H groups in total. The number of aliphatic hydroxyl groups excluding tert-OH is 1. The van der Waals surface area contributed by atoms with Gasteiger partial charge in [-0.3, -0.25) is 9.78 Å². The van der Waals surface area contributed by atoms with Gasteiger partial charge >= 0.3 is 0 Å². The first kappa shape index (κ1) is 21.4. The molecule has 1 amide bonds. The summed E-state index contributed by atoms with van der Waals surface area (Å²) < 4.78 is 0. The molecule has 0 spiro atoms. The highest BCUT2D eigenvalue weighted by Gasteiger charge is 2.61. The number of aromatic nitrogens is 1. The van der Waals surface area contributed by atoms with Crippen molar-refractivity contribution in [1.29, 1.82) is 0 Å². The fourth-order valence-corrected chi connectivity index (χ4v) is 8.97. The number of nitrogens with one attached hydrogen (secondary N) is 1. The predicted octanol–water partition coefficient (Wildman–Crippen LogP) is 5.68. The van der Waals surface area contributed by atoms with Crippen LogP contribution in [0.25, 0.3) is 0 Å². The first-order valence-electron chi connectivity index (χ1n) is 12.7. The van der Waals surface area contributed by atoms with Gasteiger partial charge in [0.2, 0.25) is 5.91 Å². The molecule has 4 fully saturated rings. The molecule has 0 bridgehead atoms. The molecule has 4 saturated carbocycles. The number of amides is 1. The normalized spacial score (nSPS) is 45.2. The molecule has 31 heavy (non-hydrogen) atoms. The zero-order valence-corrected chi connectivity index (χ0v) is 19.5. The van der Waals surface area contributed by atoms with Gasteiger partial charge in [-0.15, -0.1) is 0 Å². The van der Waals surface area contributed by atoms with Crippen molar-refractivity contribution in [1.82, 2.24) is 4.98 Å².